The minimum Gasteiger partial charge on any atom is -0.238 e. The molecule has 0 saturated heterocycles. The fourth-order valence-electron chi connectivity index (χ4n) is 1.34. The van der Waals surface area contributed by atoms with Crippen molar-refractivity contribution in [1.82, 2.24) is 9.44 Å². The number of alkyl halides is 3. The zero-order valence-corrected chi connectivity index (χ0v) is 13.7. The highest BCUT2D eigenvalue weighted by Crippen LogP contribution is 2.18. The number of hydrogen-bond acceptors (Lipinski definition) is 3. The maximum atomic E-state index is 12.0. The molecule has 10 heteroatoms. The van der Waals surface area contributed by atoms with Gasteiger partial charge in [0.1, 0.15) is 11.0 Å². The van der Waals surface area contributed by atoms with Crippen molar-refractivity contribution >= 4 is 21.0 Å². The van der Waals surface area contributed by atoms with E-state index in [1.807, 2.05) is 0 Å². The molecule has 0 aliphatic rings. The first-order valence-corrected chi connectivity index (χ1v) is 9.36. The van der Waals surface area contributed by atoms with Gasteiger partial charge in [-0.15, -0.1) is 0 Å². The molecule has 0 radical (unpaired) electrons. The number of rotatable bonds is 6. The number of nitrogens with one attached hydrogen (secondary N) is 2. The van der Waals surface area contributed by atoms with Crippen LogP contribution in [0.2, 0.25) is 0 Å². The SMILES string of the molecule is CS(=O)(=O)NCC#Cc1ccc(S(=O)NCCC(F)(F)F)cc1. The zero-order chi connectivity index (χ0) is 17.5. The summed E-state index contributed by atoms with van der Waals surface area (Å²) in [6.07, 6.45) is -4.34. The summed E-state index contributed by atoms with van der Waals surface area (Å²) in [5, 5.41) is 0. The third-order valence-corrected chi connectivity index (χ3v) is 4.20. The first-order valence-electron chi connectivity index (χ1n) is 6.32. The maximum absolute atomic E-state index is 12.0. The molecule has 1 rings (SSSR count). The van der Waals surface area contributed by atoms with E-state index in [0.29, 0.717) is 10.5 Å². The van der Waals surface area contributed by atoms with E-state index in [1.54, 1.807) is 12.1 Å². The van der Waals surface area contributed by atoms with Gasteiger partial charge in [-0.05, 0) is 24.3 Å². The molecule has 0 amide bonds. The van der Waals surface area contributed by atoms with Gasteiger partial charge in [0, 0.05) is 12.1 Å². The molecule has 1 atom stereocenters. The summed E-state index contributed by atoms with van der Waals surface area (Å²) in [6, 6.07) is 6.05. The summed E-state index contributed by atoms with van der Waals surface area (Å²) >= 11 is 0. The summed E-state index contributed by atoms with van der Waals surface area (Å²) in [5.74, 6) is 5.30. The monoisotopic (exact) mass is 368 g/mol. The van der Waals surface area contributed by atoms with Crippen molar-refractivity contribution in [3.05, 3.63) is 29.8 Å². The van der Waals surface area contributed by atoms with Crippen LogP contribution in [0.3, 0.4) is 0 Å². The van der Waals surface area contributed by atoms with E-state index in [9.17, 15) is 25.8 Å². The quantitative estimate of drug-likeness (QED) is 0.740. The van der Waals surface area contributed by atoms with E-state index in [-0.39, 0.29) is 6.54 Å². The fourth-order valence-corrected chi connectivity index (χ4v) is 2.52. The van der Waals surface area contributed by atoms with Gasteiger partial charge in [-0.1, -0.05) is 11.8 Å². The maximum Gasteiger partial charge on any atom is 0.390 e. The Kier molecular flexibility index (Phi) is 7.21. The van der Waals surface area contributed by atoms with E-state index in [1.165, 1.54) is 12.1 Å². The third-order valence-electron chi connectivity index (χ3n) is 2.37. The molecule has 2 N–H and O–H groups in total. The van der Waals surface area contributed by atoms with E-state index < -0.39 is 40.2 Å². The Morgan fingerprint density at radius 2 is 1.83 bits per heavy atom. The predicted molar refractivity (Wildman–Crippen MR) is 81.2 cm³/mol. The molecule has 0 saturated carbocycles. The molecule has 1 aromatic rings. The van der Waals surface area contributed by atoms with Crippen LogP contribution in [0, 0.1) is 11.8 Å². The van der Waals surface area contributed by atoms with Crippen molar-refractivity contribution in [2.24, 2.45) is 0 Å². The van der Waals surface area contributed by atoms with Gasteiger partial charge in [-0.2, -0.15) is 13.2 Å². The normalized spacial score (nSPS) is 13.2. The molecule has 0 heterocycles. The van der Waals surface area contributed by atoms with Crippen LogP contribution >= 0.6 is 0 Å². The summed E-state index contributed by atoms with van der Waals surface area (Å²) < 4.78 is 73.8. The predicted octanol–water partition coefficient (Wildman–Crippen LogP) is 1.15. The van der Waals surface area contributed by atoms with Gasteiger partial charge in [-0.25, -0.2) is 22.1 Å². The molecule has 0 aliphatic heterocycles. The number of sulfonamides is 1. The molecule has 0 aromatic heterocycles. The van der Waals surface area contributed by atoms with E-state index in [4.69, 9.17) is 0 Å². The van der Waals surface area contributed by atoms with Gasteiger partial charge in [0.05, 0.1) is 24.1 Å². The average Bonchev–Trinajstić information content (AvgIpc) is 2.42. The smallest absolute Gasteiger partial charge is 0.238 e. The third kappa shape index (κ3) is 9.35. The highest BCUT2D eigenvalue weighted by molar-refractivity contribution is 7.88. The molecule has 23 heavy (non-hydrogen) atoms. The van der Waals surface area contributed by atoms with Crippen molar-refractivity contribution in [3.63, 3.8) is 0 Å². The van der Waals surface area contributed by atoms with Crippen LogP contribution in [0.5, 0.6) is 0 Å². The Labute approximate surface area is 135 Å². The Balaban J connectivity index is 2.53. The van der Waals surface area contributed by atoms with Gasteiger partial charge < -0.3 is 0 Å². The summed E-state index contributed by atoms with van der Waals surface area (Å²) in [5.41, 5.74) is 0.566. The Bertz CT molecular complexity index is 705. The largest absolute Gasteiger partial charge is 0.390 e. The molecule has 0 spiro atoms. The van der Waals surface area contributed by atoms with Crippen molar-refractivity contribution < 1.29 is 25.8 Å². The van der Waals surface area contributed by atoms with Gasteiger partial charge in [-0.3, -0.25) is 0 Å². The van der Waals surface area contributed by atoms with E-state index >= 15 is 0 Å². The number of hydrogen-bond donors (Lipinski definition) is 2. The van der Waals surface area contributed by atoms with Gasteiger partial charge >= 0.3 is 6.18 Å². The first kappa shape index (κ1) is 19.6. The fraction of sp³-hybridized carbons (Fsp3) is 0.385. The molecule has 0 bridgehead atoms. The van der Waals surface area contributed by atoms with Gasteiger partial charge in [0.15, 0.2) is 0 Å². The highest BCUT2D eigenvalue weighted by Gasteiger charge is 2.26. The Hall–Kier alpha value is -1.41. The zero-order valence-electron chi connectivity index (χ0n) is 12.1. The Morgan fingerprint density at radius 1 is 1.22 bits per heavy atom. The molecular formula is C13H15F3N2O3S2. The number of halogens is 3. The van der Waals surface area contributed by atoms with E-state index in [0.717, 1.165) is 6.26 Å². The van der Waals surface area contributed by atoms with Crippen molar-refractivity contribution in [2.45, 2.75) is 17.5 Å². The molecule has 1 aromatic carbocycles. The van der Waals surface area contributed by atoms with Crippen LogP contribution in [0.25, 0.3) is 0 Å². The second kappa shape index (κ2) is 8.44. The number of benzene rings is 1. The van der Waals surface area contributed by atoms with Gasteiger partial charge in [0.2, 0.25) is 10.0 Å². The van der Waals surface area contributed by atoms with Crippen LogP contribution in [0.15, 0.2) is 29.2 Å². The lowest BCUT2D eigenvalue weighted by atomic mass is 10.2. The Morgan fingerprint density at radius 3 is 2.35 bits per heavy atom. The topological polar surface area (TPSA) is 75.3 Å². The minimum atomic E-state index is -4.29. The molecule has 1 unspecified atom stereocenters. The second-order valence-corrected chi connectivity index (χ2v) is 7.58. The van der Waals surface area contributed by atoms with E-state index in [2.05, 4.69) is 21.3 Å². The highest BCUT2D eigenvalue weighted by atomic mass is 32.2. The standard InChI is InChI=1S/C13H15F3N2O3S2/c1-23(20,21)18-9-2-3-11-4-6-12(7-5-11)22(19)17-10-8-13(14,15)16/h4-7,17-18H,8-10H2,1H3. The van der Waals surface area contributed by atoms with Crippen LogP contribution < -0.4 is 9.44 Å². The van der Waals surface area contributed by atoms with Crippen LogP contribution in [0.1, 0.15) is 12.0 Å². The molecule has 128 valence electrons. The molecule has 5 nitrogen and oxygen atoms in total. The molecule has 0 fully saturated rings. The summed E-state index contributed by atoms with van der Waals surface area (Å²) in [4.78, 5) is 0.326. The van der Waals surface area contributed by atoms with Gasteiger partial charge in [0.25, 0.3) is 0 Å². The van der Waals surface area contributed by atoms with Crippen molar-refractivity contribution in [3.8, 4) is 11.8 Å². The minimum absolute atomic E-state index is 0.0362. The first-order chi connectivity index (χ1) is 10.6. The van der Waals surface area contributed by atoms with Crippen LogP contribution in [0.4, 0.5) is 13.2 Å². The summed E-state index contributed by atoms with van der Waals surface area (Å²) in [7, 11) is -5.03. The lowest BCUT2D eigenvalue weighted by Gasteiger charge is -2.07. The average molecular weight is 368 g/mol. The van der Waals surface area contributed by atoms with Crippen molar-refractivity contribution in [2.75, 3.05) is 19.3 Å². The lowest BCUT2D eigenvalue weighted by Crippen LogP contribution is -2.23. The van der Waals surface area contributed by atoms with Crippen LogP contribution in [-0.2, 0) is 21.0 Å². The lowest BCUT2D eigenvalue weighted by molar-refractivity contribution is -0.132. The second-order valence-electron chi connectivity index (χ2n) is 4.45. The summed E-state index contributed by atoms with van der Waals surface area (Å²) in [6.45, 7) is -0.472. The molecule has 0 aliphatic carbocycles. The molecular weight excluding hydrogens is 353 g/mol. The van der Waals surface area contributed by atoms with Crippen LogP contribution in [-0.4, -0.2) is 38.1 Å². The van der Waals surface area contributed by atoms with Crippen molar-refractivity contribution in [1.29, 1.82) is 0 Å².